The van der Waals surface area contributed by atoms with Crippen molar-refractivity contribution in [3.63, 3.8) is 0 Å². The van der Waals surface area contributed by atoms with E-state index >= 15 is 0 Å². The molecule has 0 amide bonds. The first-order valence-corrected chi connectivity index (χ1v) is 11.1. The average molecular weight is 383 g/mol. The Morgan fingerprint density at radius 1 is 0.885 bits per heavy atom. The van der Waals surface area contributed by atoms with Crippen molar-refractivity contribution >= 4 is 8.60 Å². The molecule has 0 saturated carbocycles. The van der Waals surface area contributed by atoms with Crippen LogP contribution in [-0.4, -0.2) is 9.79 Å². The molecule has 150 valence electrons. The second-order valence-electron chi connectivity index (χ2n) is 9.60. The van der Waals surface area contributed by atoms with Crippen molar-refractivity contribution in [1.29, 1.82) is 0 Å². The van der Waals surface area contributed by atoms with Crippen LogP contribution in [0.4, 0.5) is 0 Å². The molecule has 0 spiro atoms. The van der Waals surface area contributed by atoms with Crippen LogP contribution >= 0.6 is 8.60 Å². The lowest BCUT2D eigenvalue weighted by Crippen LogP contribution is -2.25. The lowest BCUT2D eigenvalue weighted by atomic mass is 9.70. The van der Waals surface area contributed by atoms with Gasteiger partial charge in [-0.2, -0.15) is 0 Å². The highest BCUT2D eigenvalue weighted by atomic mass is 31.2. The fourth-order valence-corrected chi connectivity index (χ4v) is 4.23. The molecular weight excluding hydrogens is 343 g/mol. The van der Waals surface area contributed by atoms with Gasteiger partial charge < -0.3 is 14.3 Å². The zero-order valence-electron chi connectivity index (χ0n) is 17.7. The van der Waals surface area contributed by atoms with Crippen LogP contribution in [0.5, 0.6) is 5.75 Å². The van der Waals surface area contributed by atoms with Crippen molar-refractivity contribution in [1.82, 2.24) is 0 Å². The van der Waals surface area contributed by atoms with Crippen molar-refractivity contribution in [3.8, 4) is 5.75 Å². The lowest BCUT2D eigenvalue weighted by Gasteiger charge is -2.35. The van der Waals surface area contributed by atoms with E-state index < -0.39 is 8.60 Å². The predicted molar refractivity (Wildman–Crippen MR) is 112 cm³/mol. The van der Waals surface area contributed by atoms with Gasteiger partial charge in [-0.25, -0.2) is 0 Å². The Morgan fingerprint density at radius 2 is 1.42 bits per heavy atom. The van der Waals surface area contributed by atoms with Crippen LogP contribution in [0.15, 0.2) is 24.3 Å². The summed E-state index contributed by atoms with van der Waals surface area (Å²) in [4.78, 5) is 18.4. The van der Waals surface area contributed by atoms with E-state index in [9.17, 15) is 9.79 Å². The monoisotopic (exact) mass is 382 g/mol. The zero-order valence-corrected chi connectivity index (χ0v) is 18.6. The van der Waals surface area contributed by atoms with Crippen LogP contribution in [0.3, 0.4) is 0 Å². The van der Waals surface area contributed by atoms with Crippen LogP contribution in [-0.2, 0) is 6.42 Å². The summed E-state index contributed by atoms with van der Waals surface area (Å²) in [7, 11) is -2.37. The van der Waals surface area contributed by atoms with Crippen LogP contribution < -0.4 is 4.52 Å². The Kier molecular flexibility index (Phi) is 9.06. The molecule has 26 heavy (non-hydrogen) atoms. The third-order valence-corrected chi connectivity index (χ3v) is 6.08. The van der Waals surface area contributed by atoms with Gasteiger partial charge in [-0.1, -0.05) is 73.1 Å². The van der Waals surface area contributed by atoms with Gasteiger partial charge in [0.05, 0.1) is 0 Å². The van der Waals surface area contributed by atoms with Crippen molar-refractivity contribution in [2.75, 3.05) is 0 Å². The molecule has 0 aliphatic heterocycles. The molecule has 0 saturated heterocycles. The smallest absolute Gasteiger partial charge is 0.391 e. The van der Waals surface area contributed by atoms with E-state index in [4.69, 9.17) is 4.52 Å². The van der Waals surface area contributed by atoms with E-state index in [1.165, 1.54) is 19.3 Å². The normalized spacial score (nSPS) is 15.2. The van der Waals surface area contributed by atoms with Crippen LogP contribution in [0.25, 0.3) is 0 Å². The molecule has 1 aromatic rings. The maximum absolute atomic E-state index is 9.18. The van der Waals surface area contributed by atoms with Crippen molar-refractivity contribution in [2.24, 2.45) is 22.7 Å². The topological polar surface area (TPSA) is 49.7 Å². The minimum absolute atomic E-state index is 0.257. The Balaban J connectivity index is 2.78. The molecule has 2 N–H and O–H groups in total. The van der Waals surface area contributed by atoms with Gasteiger partial charge in [0.15, 0.2) is 0 Å². The third-order valence-electron chi connectivity index (χ3n) is 5.72. The summed E-state index contributed by atoms with van der Waals surface area (Å²) < 4.78 is 5.20. The third kappa shape index (κ3) is 7.94. The maximum atomic E-state index is 9.18. The molecule has 0 aliphatic carbocycles. The van der Waals surface area contributed by atoms with Gasteiger partial charge in [0.2, 0.25) is 0 Å². The van der Waals surface area contributed by atoms with Gasteiger partial charge in [0, 0.05) is 0 Å². The predicted octanol–water partition coefficient (Wildman–Crippen LogP) is 6.72. The standard InChI is InChI=1S/C22H39O3P/c1-8-18(21(2,3)4)15-16-19(22(5,6)7)14-13-17-11-9-10-12-20(17)25-26(23)24/h9-12,18-19,23-24H,8,13-16H2,1-7H3. The summed E-state index contributed by atoms with van der Waals surface area (Å²) in [6, 6.07) is 7.69. The van der Waals surface area contributed by atoms with Gasteiger partial charge in [-0.3, -0.25) is 0 Å². The van der Waals surface area contributed by atoms with Gasteiger partial charge in [-0.05, 0) is 60.0 Å². The first-order chi connectivity index (χ1) is 11.9. The van der Waals surface area contributed by atoms with Crippen molar-refractivity contribution < 1.29 is 14.3 Å². The molecule has 0 aromatic heterocycles. The minimum Gasteiger partial charge on any atom is -0.427 e. The molecule has 0 heterocycles. The molecule has 2 atom stereocenters. The maximum Gasteiger partial charge on any atom is 0.391 e. The van der Waals surface area contributed by atoms with E-state index in [-0.39, 0.29) is 5.41 Å². The number of rotatable bonds is 9. The number of hydrogen-bond donors (Lipinski definition) is 2. The van der Waals surface area contributed by atoms with E-state index in [1.54, 1.807) is 0 Å². The Labute approximate surface area is 162 Å². The summed E-state index contributed by atoms with van der Waals surface area (Å²) >= 11 is 0. The molecule has 4 heteroatoms. The number of para-hydroxylation sites is 1. The van der Waals surface area contributed by atoms with Gasteiger partial charge >= 0.3 is 8.60 Å². The minimum atomic E-state index is -2.37. The number of hydrogen-bond acceptors (Lipinski definition) is 3. The van der Waals surface area contributed by atoms with Crippen LogP contribution in [0.1, 0.15) is 79.7 Å². The van der Waals surface area contributed by atoms with Crippen LogP contribution in [0, 0.1) is 22.7 Å². The number of benzene rings is 1. The highest BCUT2D eigenvalue weighted by Gasteiger charge is 2.28. The SMILES string of the molecule is CCC(CCC(CCc1ccccc1OP(O)O)C(C)(C)C)C(C)(C)C. The Hall–Kier alpha value is -0.630. The Morgan fingerprint density at radius 3 is 1.92 bits per heavy atom. The van der Waals surface area contributed by atoms with Gasteiger partial charge in [0.1, 0.15) is 5.75 Å². The molecule has 0 aliphatic rings. The molecular formula is C22H39O3P. The molecule has 3 nitrogen and oxygen atoms in total. The lowest BCUT2D eigenvalue weighted by molar-refractivity contribution is 0.158. The summed E-state index contributed by atoms with van der Waals surface area (Å²) in [6.45, 7) is 16.3. The van der Waals surface area contributed by atoms with Crippen LogP contribution in [0.2, 0.25) is 0 Å². The average Bonchev–Trinajstić information content (AvgIpc) is 2.49. The van der Waals surface area contributed by atoms with Gasteiger partial charge in [-0.15, -0.1) is 0 Å². The molecule has 0 fully saturated rings. The molecule has 0 radical (unpaired) electrons. The highest BCUT2D eigenvalue weighted by Crippen LogP contribution is 2.40. The van der Waals surface area contributed by atoms with Crippen molar-refractivity contribution in [3.05, 3.63) is 29.8 Å². The fourth-order valence-electron chi connectivity index (χ4n) is 3.88. The molecule has 0 bridgehead atoms. The summed E-state index contributed by atoms with van der Waals surface area (Å²) in [6.07, 6.45) is 5.70. The van der Waals surface area contributed by atoms with E-state index in [0.29, 0.717) is 17.1 Å². The molecule has 2 unspecified atom stereocenters. The largest absolute Gasteiger partial charge is 0.427 e. The molecule has 1 aromatic carbocycles. The summed E-state index contributed by atoms with van der Waals surface area (Å²) in [5, 5.41) is 0. The first kappa shape index (κ1) is 23.4. The molecule has 1 rings (SSSR count). The number of aryl methyl sites for hydroxylation is 1. The van der Waals surface area contributed by atoms with E-state index in [2.05, 4.69) is 48.5 Å². The first-order valence-electron chi connectivity index (χ1n) is 9.89. The second kappa shape index (κ2) is 10.1. The van der Waals surface area contributed by atoms with E-state index in [0.717, 1.165) is 24.3 Å². The zero-order chi connectivity index (χ0) is 20.0. The highest BCUT2D eigenvalue weighted by molar-refractivity contribution is 7.39. The summed E-state index contributed by atoms with van der Waals surface area (Å²) in [5.74, 6) is 1.96. The quantitative estimate of drug-likeness (QED) is 0.466. The van der Waals surface area contributed by atoms with Crippen molar-refractivity contribution in [2.45, 2.75) is 80.6 Å². The Bertz CT molecular complexity index is 529. The van der Waals surface area contributed by atoms with E-state index in [1.807, 2.05) is 24.3 Å². The van der Waals surface area contributed by atoms with Gasteiger partial charge in [0.25, 0.3) is 0 Å². The summed E-state index contributed by atoms with van der Waals surface area (Å²) in [5.41, 5.74) is 1.67. The fraction of sp³-hybridized carbons (Fsp3) is 0.727. The second-order valence-corrected chi connectivity index (χ2v) is 10.3.